The van der Waals surface area contributed by atoms with Crippen LogP contribution in [-0.4, -0.2) is 29.8 Å². The molecule has 0 spiro atoms. The number of carbonyl (C=O) groups is 1. The monoisotopic (exact) mass is 429 g/mol. The van der Waals surface area contributed by atoms with Crippen molar-refractivity contribution < 1.29 is 18.7 Å². The van der Waals surface area contributed by atoms with Crippen molar-refractivity contribution in [1.29, 1.82) is 0 Å². The van der Waals surface area contributed by atoms with Crippen LogP contribution in [0.25, 0.3) is 22.9 Å². The van der Waals surface area contributed by atoms with Crippen LogP contribution in [0.4, 0.5) is 5.69 Å². The Morgan fingerprint density at radius 2 is 1.53 bits per heavy atom. The molecule has 0 fully saturated rings. The lowest BCUT2D eigenvalue weighted by molar-refractivity contribution is -0.118. The first kappa shape index (κ1) is 21.1. The van der Waals surface area contributed by atoms with E-state index >= 15 is 0 Å². The molecule has 32 heavy (non-hydrogen) atoms. The fourth-order valence-corrected chi connectivity index (χ4v) is 3.19. The number of methoxy groups -OCH3 is 1. The normalized spacial score (nSPS) is 10.6. The number of aromatic nitrogens is 2. The van der Waals surface area contributed by atoms with E-state index in [0.29, 0.717) is 23.2 Å². The second-order valence-corrected chi connectivity index (χ2v) is 7.32. The van der Waals surface area contributed by atoms with Gasteiger partial charge in [0.25, 0.3) is 5.91 Å². The molecule has 1 aromatic heterocycles. The molecule has 1 heterocycles. The summed E-state index contributed by atoms with van der Waals surface area (Å²) in [6.07, 6.45) is 0. The molecule has 0 saturated carbocycles. The van der Waals surface area contributed by atoms with Crippen molar-refractivity contribution in [3.63, 3.8) is 0 Å². The highest BCUT2D eigenvalue weighted by molar-refractivity contribution is 5.92. The average molecular weight is 429 g/mol. The Morgan fingerprint density at radius 3 is 2.12 bits per heavy atom. The molecule has 7 nitrogen and oxygen atoms in total. The van der Waals surface area contributed by atoms with Crippen LogP contribution in [-0.2, 0) is 4.79 Å². The summed E-state index contributed by atoms with van der Waals surface area (Å²) < 4.78 is 16.6. The maximum Gasteiger partial charge on any atom is 0.262 e. The second kappa shape index (κ2) is 9.34. The van der Waals surface area contributed by atoms with Crippen molar-refractivity contribution in [1.82, 2.24) is 10.2 Å². The van der Waals surface area contributed by atoms with E-state index < -0.39 is 0 Å². The van der Waals surface area contributed by atoms with Gasteiger partial charge in [0.05, 0.1) is 7.11 Å². The quantitative estimate of drug-likeness (QED) is 0.443. The van der Waals surface area contributed by atoms with Gasteiger partial charge in [0.2, 0.25) is 11.8 Å². The van der Waals surface area contributed by atoms with Crippen molar-refractivity contribution in [3.8, 4) is 34.4 Å². The molecule has 0 atom stereocenters. The third kappa shape index (κ3) is 4.95. The molecular formula is C25H23N3O4. The number of ether oxygens (including phenoxy) is 2. The van der Waals surface area contributed by atoms with Crippen molar-refractivity contribution in [2.75, 3.05) is 19.0 Å². The van der Waals surface area contributed by atoms with Crippen molar-refractivity contribution >= 4 is 11.6 Å². The van der Waals surface area contributed by atoms with E-state index in [1.54, 1.807) is 19.2 Å². The van der Waals surface area contributed by atoms with Gasteiger partial charge in [-0.2, -0.15) is 0 Å². The van der Waals surface area contributed by atoms with Crippen LogP contribution in [0, 0.1) is 13.8 Å². The minimum absolute atomic E-state index is 0.0689. The lowest BCUT2D eigenvalue weighted by Gasteiger charge is -2.10. The Balaban J connectivity index is 1.36. The summed E-state index contributed by atoms with van der Waals surface area (Å²) in [6.45, 7) is 3.90. The highest BCUT2D eigenvalue weighted by Crippen LogP contribution is 2.26. The zero-order chi connectivity index (χ0) is 22.5. The number of carbonyl (C=O) groups excluding carboxylic acids is 1. The molecule has 7 heteroatoms. The standard InChI is InChI=1S/C25H23N3O4/c1-16-4-13-22(17(2)14-16)31-15-23(29)26-20-9-5-18(6-10-20)24-27-28-25(32-24)19-7-11-21(30-3)12-8-19/h4-14H,15H2,1-3H3,(H,26,29). The minimum Gasteiger partial charge on any atom is -0.497 e. The lowest BCUT2D eigenvalue weighted by atomic mass is 10.1. The van der Waals surface area contributed by atoms with Crippen LogP contribution in [0.5, 0.6) is 11.5 Å². The van der Waals surface area contributed by atoms with Gasteiger partial charge in [-0.3, -0.25) is 4.79 Å². The number of hydrogen-bond acceptors (Lipinski definition) is 6. The van der Waals surface area contributed by atoms with Crippen LogP contribution < -0.4 is 14.8 Å². The molecular weight excluding hydrogens is 406 g/mol. The maximum absolute atomic E-state index is 12.2. The summed E-state index contributed by atoms with van der Waals surface area (Å²) in [5.74, 6) is 2.03. The predicted molar refractivity (Wildman–Crippen MR) is 122 cm³/mol. The van der Waals surface area contributed by atoms with Gasteiger partial charge in [-0.25, -0.2) is 0 Å². The molecule has 0 unspecified atom stereocenters. The van der Waals surface area contributed by atoms with Crippen molar-refractivity contribution in [2.45, 2.75) is 13.8 Å². The highest BCUT2D eigenvalue weighted by atomic mass is 16.5. The smallest absolute Gasteiger partial charge is 0.262 e. The van der Waals surface area contributed by atoms with Crippen LogP contribution in [0.1, 0.15) is 11.1 Å². The lowest BCUT2D eigenvalue weighted by Crippen LogP contribution is -2.20. The third-order valence-corrected chi connectivity index (χ3v) is 4.87. The second-order valence-electron chi connectivity index (χ2n) is 7.32. The van der Waals surface area contributed by atoms with E-state index in [0.717, 1.165) is 28.0 Å². The zero-order valence-corrected chi connectivity index (χ0v) is 18.1. The van der Waals surface area contributed by atoms with E-state index in [9.17, 15) is 4.79 Å². The molecule has 1 amide bonds. The summed E-state index contributed by atoms with van der Waals surface area (Å²) in [7, 11) is 1.61. The van der Waals surface area contributed by atoms with Crippen LogP contribution in [0.3, 0.4) is 0 Å². The first-order valence-electron chi connectivity index (χ1n) is 10.1. The topological polar surface area (TPSA) is 86.5 Å². The van der Waals surface area contributed by atoms with Gasteiger partial charge in [-0.05, 0) is 74.0 Å². The Bertz CT molecular complexity index is 1210. The Labute approximate surface area is 186 Å². The molecule has 0 saturated heterocycles. The number of amides is 1. The fraction of sp³-hybridized carbons (Fsp3) is 0.160. The predicted octanol–water partition coefficient (Wildman–Crippen LogP) is 5.05. The first-order chi connectivity index (χ1) is 15.5. The summed E-state index contributed by atoms with van der Waals surface area (Å²) in [5.41, 5.74) is 4.35. The van der Waals surface area contributed by atoms with Crippen LogP contribution in [0.15, 0.2) is 71.1 Å². The van der Waals surface area contributed by atoms with Gasteiger partial charge in [0, 0.05) is 16.8 Å². The molecule has 4 aromatic rings. The maximum atomic E-state index is 12.2. The van der Waals surface area contributed by atoms with Crippen LogP contribution in [0.2, 0.25) is 0 Å². The van der Waals surface area contributed by atoms with E-state index in [1.165, 1.54) is 0 Å². The zero-order valence-electron chi connectivity index (χ0n) is 18.1. The molecule has 0 radical (unpaired) electrons. The summed E-state index contributed by atoms with van der Waals surface area (Å²) in [6, 6.07) is 20.4. The molecule has 0 aliphatic carbocycles. The number of nitrogens with zero attached hydrogens (tertiary/aromatic N) is 2. The summed E-state index contributed by atoms with van der Waals surface area (Å²) in [5, 5.41) is 11.1. The third-order valence-electron chi connectivity index (χ3n) is 4.87. The molecule has 0 aliphatic heterocycles. The first-order valence-corrected chi connectivity index (χ1v) is 10.1. The molecule has 162 valence electrons. The Morgan fingerprint density at radius 1 is 0.906 bits per heavy atom. The van der Waals surface area contributed by atoms with Gasteiger partial charge >= 0.3 is 0 Å². The SMILES string of the molecule is COc1ccc(-c2nnc(-c3ccc(NC(=O)COc4ccc(C)cc4C)cc3)o2)cc1. The van der Waals surface area contributed by atoms with Gasteiger partial charge in [0.15, 0.2) is 6.61 Å². The van der Waals surface area contributed by atoms with Crippen LogP contribution >= 0.6 is 0 Å². The van der Waals surface area contributed by atoms with Gasteiger partial charge < -0.3 is 19.2 Å². The molecule has 1 N–H and O–H groups in total. The number of rotatable bonds is 7. The molecule has 0 bridgehead atoms. The van der Waals surface area contributed by atoms with E-state index in [2.05, 4.69) is 15.5 Å². The van der Waals surface area contributed by atoms with Gasteiger partial charge in [0.1, 0.15) is 11.5 Å². The number of aryl methyl sites for hydroxylation is 2. The molecule has 0 aliphatic rings. The van der Waals surface area contributed by atoms with E-state index in [1.807, 2.05) is 68.4 Å². The Hall–Kier alpha value is -4.13. The Kier molecular flexibility index (Phi) is 6.17. The summed E-state index contributed by atoms with van der Waals surface area (Å²) >= 11 is 0. The number of nitrogens with one attached hydrogen (secondary N) is 1. The van der Waals surface area contributed by atoms with E-state index in [-0.39, 0.29) is 12.5 Å². The summed E-state index contributed by atoms with van der Waals surface area (Å²) in [4.78, 5) is 12.2. The molecule has 4 rings (SSSR count). The van der Waals surface area contributed by atoms with E-state index in [4.69, 9.17) is 13.9 Å². The number of hydrogen-bond donors (Lipinski definition) is 1. The largest absolute Gasteiger partial charge is 0.497 e. The number of benzene rings is 3. The van der Waals surface area contributed by atoms with Gasteiger partial charge in [-0.15, -0.1) is 10.2 Å². The fourth-order valence-electron chi connectivity index (χ4n) is 3.19. The number of anilines is 1. The average Bonchev–Trinajstić information content (AvgIpc) is 3.29. The minimum atomic E-state index is -0.239. The van der Waals surface area contributed by atoms with Crippen molar-refractivity contribution in [2.24, 2.45) is 0 Å². The molecule has 3 aromatic carbocycles. The highest BCUT2D eigenvalue weighted by Gasteiger charge is 2.11. The van der Waals surface area contributed by atoms with Gasteiger partial charge in [-0.1, -0.05) is 17.7 Å². The van der Waals surface area contributed by atoms with Crippen molar-refractivity contribution in [3.05, 3.63) is 77.9 Å².